The van der Waals surface area contributed by atoms with Crippen LogP contribution in [0.4, 0.5) is 5.82 Å². The maximum Gasteiger partial charge on any atom is 0.128 e. The van der Waals surface area contributed by atoms with Gasteiger partial charge >= 0.3 is 0 Å². The number of anilines is 1. The number of piperazine rings is 1. The molecule has 8 heteroatoms. The Hall–Kier alpha value is -2.90. The summed E-state index contributed by atoms with van der Waals surface area (Å²) in [7, 11) is 1.71. The smallest absolute Gasteiger partial charge is 0.128 e. The van der Waals surface area contributed by atoms with Crippen LogP contribution in [0.25, 0.3) is 22.2 Å². The molecule has 144 valence electrons. The number of hydrogen-bond donors (Lipinski definition) is 2. The zero-order valence-electron chi connectivity index (χ0n) is 15.6. The van der Waals surface area contributed by atoms with Crippen molar-refractivity contribution in [3.8, 4) is 11.1 Å². The molecule has 1 fully saturated rings. The SMILES string of the molecule is CN=CC(=CN)c1cc(-c2ccc(N3CCNCC3)nc2)c2c(Cl)cnn2c1. The quantitative estimate of drug-likeness (QED) is 0.663. The number of hydrogen-bond acceptors (Lipinski definition) is 6. The third-order valence-electron chi connectivity index (χ3n) is 4.85. The van der Waals surface area contributed by atoms with Gasteiger partial charge in [0.15, 0.2) is 0 Å². The van der Waals surface area contributed by atoms with Crippen molar-refractivity contribution < 1.29 is 0 Å². The second kappa shape index (κ2) is 8.00. The first kappa shape index (κ1) is 18.5. The summed E-state index contributed by atoms with van der Waals surface area (Å²) in [6.07, 6.45) is 8.69. The van der Waals surface area contributed by atoms with E-state index in [0.717, 1.165) is 59.8 Å². The summed E-state index contributed by atoms with van der Waals surface area (Å²) in [4.78, 5) is 11.1. The van der Waals surface area contributed by atoms with E-state index in [-0.39, 0.29) is 0 Å². The molecule has 0 saturated carbocycles. The molecule has 0 atom stereocenters. The van der Waals surface area contributed by atoms with E-state index < -0.39 is 0 Å². The lowest BCUT2D eigenvalue weighted by atomic mass is 10.0. The van der Waals surface area contributed by atoms with Gasteiger partial charge in [0.05, 0.1) is 16.7 Å². The molecule has 1 aliphatic rings. The average Bonchev–Trinajstić information content (AvgIpc) is 3.13. The van der Waals surface area contributed by atoms with Gasteiger partial charge in [0.1, 0.15) is 5.82 Å². The molecular formula is C20H22ClN7. The Morgan fingerprint density at radius 3 is 2.79 bits per heavy atom. The molecule has 0 bridgehead atoms. The van der Waals surface area contributed by atoms with Crippen LogP contribution < -0.4 is 16.0 Å². The van der Waals surface area contributed by atoms with E-state index in [1.807, 2.05) is 18.5 Å². The number of nitrogens with one attached hydrogen (secondary N) is 1. The summed E-state index contributed by atoms with van der Waals surface area (Å²) in [5.74, 6) is 0.984. The van der Waals surface area contributed by atoms with Crippen LogP contribution in [0.2, 0.25) is 5.02 Å². The summed E-state index contributed by atoms with van der Waals surface area (Å²) >= 11 is 6.42. The Labute approximate surface area is 168 Å². The Morgan fingerprint density at radius 1 is 1.29 bits per heavy atom. The van der Waals surface area contributed by atoms with Gasteiger partial charge in [-0.1, -0.05) is 11.6 Å². The second-order valence-electron chi connectivity index (χ2n) is 6.58. The normalized spacial score (nSPS) is 15.6. The van der Waals surface area contributed by atoms with Gasteiger partial charge in [0.25, 0.3) is 0 Å². The maximum atomic E-state index is 6.42. The number of nitrogens with two attached hydrogens (primary N) is 1. The molecule has 1 aliphatic heterocycles. The van der Waals surface area contributed by atoms with Crippen molar-refractivity contribution in [2.45, 2.75) is 0 Å². The zero-order valence-corrected chi connectivity index (χ0v) is 16.4. The fourth-order valence-corrected chi connectivity index (χ4v) is 3.67. The number of aliphatic imine (C=N–C) groups is 1. The predicted molar refractivity (Wildman–Crippen MR) is 115 cm³/mol. The molecule has 28 heavy (non-hydrogen) atoms. The van der Waals surface area contributed by atoms with Crippen LogP contribution >= 0.6 is 11.6 Å². The van der Waals surface area contributed by atoms with Gasteiger partial charge in [0.2, 0.25) is 0 Å². The molecule has 4 heterocycles. The molecule has 3 aromatic rings. The molecule has 0 aliphatic carbocycles. The number of aromatic nitrogens is 3. The van der Waals surface area contributed by atoms with Crippen LogP contribution in [0.5, 0.6) is 0 Å². The van der Waals surface area contributed by atoms with Gasteiger partial charge in [-0.25, -0.2) is 9.50 Å². The molecule has 0 amide bonds. The first-order valence-electron chi connectivity index (χ1n) is 9.14. The first-order valence-corrected chi connectivity index (χ1v) is 9.52. The summed E-state index contributed by atoms with van der Waals surface area (Å²) in [6, 6.07) is 6.18. The van der Waals surface area contributed by atoms with Gasteiger partial charge < -0.3 is 16.0 Å². The molecule has 7 nitrogen and oxygen atoms in total. The van der Waals surface area contributed by atoms with Crippen LogP contribution in [0.3, 0.4) is 0 Å². The summed E-state index contributed by atoms with van der Waals surface area (Å²) in [5, 5.41) is 8.32. The Balaban J connectivity index is 1.79. The minimum atomic E-state index is 0.593. The van der Waals surface area contributed by atoms with E-state index >= 15 is 0 Å². The molecule has 0 spiro atoms. The topological polar surface area (TPSA) is 83.8 Å². The van der Waals surface area contributed by atoms with Crippen LogP contribution in [0.15, 0.2) is 48.0 Å². The largest absolute Gasteiger partial charge is 0.404 e. The van der Waals surface area contributed by atoms with Crippen molar-refractivity contribution in [3.63, 3.8) is 0 Å². The lowest BCUT2D eigenvalue weighted by Gasteiger charge is -2.28. The molecule has 3 N–H and O–H groups in total. The van der Waals surface area contributed by atoms with E-state index in [4.69, 9.17) is 22.3 Å². The molecule has 4 rings (SSSR count). The lowest BCUT2D eigenvalue weighted by Crippen LogP contribution is -2.43. The van der Waals surface area contributed by atoms with E-state index in [2.05, 4.69) is 32.4 Å². The van der Waals surface area contributed by atoms with Crippen molar-refractivity contribution in [1.29, 1.82) is 0 Å². The fourth-order valence-electron chi connectivity index (χ4n) is 3.44. The lowest BCUT2D eigenvalue weighted by molar-refractivity contribution is 0.585. The first-order chi connectivity index (χ1) is 13.7. The highest BCUT2D eigenvalue weighted by Crippen LogP contribution is 2.32. The molecule has 0 aromatic carbocycles. The average molecular weight is 396 g/mol. The van der Waals surface area contributed by atoms with Gasteiger partial charge in [-0.3, -0.25) is 4.99 Å². The number of fused-ring (bicyclic) bond motifs is 1. The summed E-state index contributed by atoms with van der Waals surface area (Å²) < 4.78 is 1.77. The number of nitrogens with zero attached hydrogens (tertiary/aromatic N) is 5. The molecule has 0 radical (unpaired) electrons. The van der Waals surface area contributed by atoms with Gasteiger partial charge in [-0.15, -0.1) is 0 Å². The summed E-state index contributed by atoms with van der Waals surface area (Å²) in [5.41, 5.74) is 10.3. The molecular weight excluding hydrogens is 374 g/mol. The van der Waals surface area contributed by atoms with E-state index in [1.54, 1.807) is 24.0 Å². The number of pyridine rings is 2. The van der Waals surface area contributed by atoms with Gasteiger partial charge in [-0.05, 0) is 18.2 Å². The highest BCUT2D eigenvalue weighted by Gasteiger charge is 2.15. The highest BCUT2D eigenvalue weighted by molar-refractivity contribution is 6.34. The summed E-state index contributed by atoms with van der Waals surface area (Å²) in [6.45, 7) is 3.87. The highest BCUT2D eigenvalue weighted by atomic mass is 35.5. The third-order valence-corrected chi connectivity index (χ3v) is 5.12. The van der Waals surface area contributed by atoms with E-state index in [1.165, 1.54) is 6.20 Å². The van der Waals surface area contributed by atoms with E-state index in [9.17, 15) is 0 Å². The van der Waals surface area contributed by atoms with Crippen molar-refractivity contribution >= 4 is 34.7 Å². The predicted octanol–water partition coefficient (Wildman–Crippen LogP) is 2.46. The van der Waals surface area contributed by atoms with Gasteiger partial charge in [0, 0.05) is 80.3 Å². The number of rotatable bonds is 4. The monoisotopic (exact) mass is 395 g/mol. The van der Waals surface area contributed by atoms with Crippen molar-refractivity contribution in [3.05, 3.63) is 53.6 Å². The van der Waals surface area contributed by atoms with Crippen molar-refractivity contribution in [2.24, 2.45) is 10.7 Å². The van der Waals surface area contributed by atoms with Crippen LogP contribution in [-0.4, -0.2) is 54.0 Å². The van der Waals surface area contributed by atoms with E-state index in [0.29, 0.717) is 5.02 Å². The Morgan fingerprint density at radius 2 is 2.11 bits per heavy atom. The number of allylic oxidation sites excluding steroid dienone is 1. The fraction of sp³-hybridized carbons (Fsp3) is 0.250. The minimum Gasteiger partial charge on any atom is -0.404 e. The second-order valence-corrected chi connectivity index (χ2v) is 6.99. The Bertz CT molecular complexity index is 1030. The van der Waals surface area contributed by atoms with Crippen LogP contribution in [-0.2, 0) is 0 Å². The van der Waals surface area contributed by atoms with Crippen molar-refractivity contribution in [2.75, 3.05) is 38.1 Å². The Kier molecular flexibility index (Phi) is 5.27. The maximum absolute atomic E-state index is 6.42. The zero-order chi connectivity index (χ0) is 19.5. The van der Waals surface area contributed by atoms with Gasteiger partial charge in [-0.2, -0.15) is 5.10 Å². The minimum absolute atomic E-state index is 0.593. The van der Waals surface area contributed by atoms with Crippen molar-refractivity contribution in [1.82, 2.24) is 19.9 Å². The number of halogens is 1. The standard InChI is InChI=1S/C20H22ClN7/c1-23-10-16(9-22)15-8-17(20-18(21)12-26-28(20)13-15)14-2-3-19(25-11-14)27-6-4-24-5-7-27/h2-3,8-13,24H,4-7,22H2,1H3. The third kappa shape index (κ3) is 3.46. The van der Waals surface area contributed by atoms with Crippen LogP contribution in [0.1, 0.15) is 5.56 Å². The molecule has 1 saturated heterocycles. The molecule has 3 aromatic heterocycles. The van der Waals surface area contributed by atoms with Crippen LogP contribution in [0, 0.1) is 0 Å². The molecule has 0 unspecified atom stereocenters.